The molecule has 3 N–H and O–H groups in total. The molecule has 0 atom stereocenters. The number of carboxylic acid groups (broad SMARTS) is 1. The van der Waals surface area contributed by atoms with Gasteiger partial charge in [-0.2, -0.15) is 18.4 Å². The first-order valence-corrected chi connectivity index (χ1v) is 11.8. The lowest BCUT2D eigenvalue weighted by atomic mass is 9.88. The Morgan fingerprint density at radius 1 is 1.21 bits per heavy atom. The number of carboxylic acids is 1. The Bertz CT molecular complexity index is 1270. The number of rotatable bonds is 4. The Morgan fingerprint density at radius 3 is 2.39 bits per heavy atom. The van der Waals surface area contributed by atoms with Gasteiger partial charge in [0, 0.05) is 44.4 Å². The summed E-state index contributed by atoms with van der Waals surface area (Å²) in [6.45, 7) is 1.33. The number of carbonyl (C=O) groups is 3. The van der Waals surface area contributed by atoms with Crippen LogP contribution in [0.5, 0.6) is 0 Å². The van der Waals surface area contributed by atoms with Crippen molar-refractivity contribution in [1.29, 1.82) is 5.26 Å². The van der Waals surface area contributed by atoms with Crippen LogP contribution in [0.1, 0.15) is 59.0 Å². The van der Waals surface area contributed by atoms with Gasteiger partial charge in [0.1, 0.15) is 11.8 Å². The lowest BCUT2D eigenvalue weighted by Crippen LogP contribution is -2.48. The first-order chi connectivity index (χ1) is 17.9. The quantitative estimate of drug-likeness (QED) is 0.539. The zero-order valence-corrected chi connectivity index (χ0v) is 20.8. The number of allylic oxidation sites excluding steroid dienone is 2. The monoisotopic (exact) mass is 532 g/mol. The number of aliphatic carboxylic acids is 1. The molecule has 1 fully saturated rings. The highest BCUT2D eigenvalue weighted by molar-refractivity contribution is 6.03. The van der Waals surface area contributed by atoms with E-state index < -0.39 is 12.1 Å². The summed E-state index contributed by atoms with van der Waals surface area (Å²) >= 11 is 0. The molecule has 4 rings (SSSR count). The average molecular weight is 533 g/mol. The first-order valence-electron chi connectivity index (χ1n) is 11.8. The van der Waals surface area contributed by atoms with Crippen molar-refractivity contribution >= 4 is 29.2 Å². The molecule has 0 spiro atoms. The number of carbonyl (C=O) groups excluding carboxylic acids is 2. The number of nitrogens with zero attached hydrogens (tertiary/aromatic N) is 4. The number of aromatic amines is 1. The van der Waals surface area contributed by atoms with Crippen LogP contribution < -0.4 is 5.32 Å². The number of benzene rings is 1. The molecule has 1 aliphatic carbocycles. The summed E-state index contributed by atoms with van der Waals surface area (Å²) in [5, 5.41) is 19.0. The van der Waals surface area contributed by atoms with E-state index in [9.17, 15) is 22.8 Å². The number of halogens is 3. The van der Waals surface area contributed by atoms with Crippen LogP contribution in [0.2, 0.25) is 0 Å². The van der Waals surface area contributed by atoms with Gasteiger partial charge in [0.15, 0.2) is 5.82 Å². The third-order valence-corrected chi connectivity index (χ3v) is 6.20. The predicted octanol–water partition coefficient (Wildman–Crippen LogP) is 4.21. The van der Waals surface area contributed by atoms with Gasteiger partial charge < -0.3 is 25.2 Å². The molecule has 0 saturated carbocycles. The van der Waals surface area contributed by atoms with E-state index in [0.29, 0.717) is 13.1 Å². The average Bonchev–Trinajstić information content (AvgIpc) is 3.37. The van der Waals surface area contributed by atoms with Crippen LogP contribution in [0, 0.1) is 11.3 Å². The third-order valence-electron chi connectivity index (χ3n) is 6.20. The summed E-state index contributed by atoms with van der Waals surface area (Å²) in [6.07, 6.45) is 2.81. The Hall–Kier alpha value is -4.34. The highest BCUT2D eigenvalue weighted by Gasteiger charge is 2.38. The molecule has 1 saturated heterocycles. The summed E-state index contributed by atoms with van der Waals surface area (Å²) < 4.78 is 31.7. The minimum absolute atomic E-state index is 0.0329. The summed E-state index contributed by atoms with van der Waals surface area (Å²) in [4.78, 5) is 43.9. The smallest absolute Gasteiger partial charge is 0.475 e. The molecule has 0 bridgehead atoms. The molecule has 0 unspecified atom stereocenters. The zero-order valence-electron chi connectivity index (χ0n) is 20.8. The molecule has 1 aliphatic heterocycles. The van der Waals surface area contributed by atoms with Crippen LogP contribution in [0.3, 0.4) is 0 Å². The largest absolute Gasteiger partial charge is 0.490 e. The van der Waals surface area contributed by atoms with Crippen molar-refractivity contribution in [3.8, 4) is 6.07 Å². The highest BCUT2D eigenvalue weighted by Crippen LogP contribution is 2.35. The molecule has 2 heterocycles. The second kappa shape index (κ2) is 11.8. The van der Waals surface area contributed by atoms with Gasteiger partial charge in [-0.05, 0) is 49.0 Å². The van der Waals surface area contributed by atoms with Gasteiger partial charge in [-0.15, -0.1) is 0 Å². The van der Waals surface area contributed by atoms with E-state index in [4.69, 9.17) is 15.2 Å². The molecular formula is C25H27F3N6O4. The van der Waals surface area contributed by atoms with Crippen molar-refractivity contribution in [3.63, 3.8) is 0 Å². The Balaban J connectivity index is 0.000000505. The van der Waals surface area contributed by atoms with Crippen LogP contribution in [-0.2, 0) is 4.79 Å². The van der Waals surface area contributed by atoms with Crippen molar-refractivity contribution in [2.45, 2.75) is 37.8 Å². The van der Waals surface area contributed by atoms with Crippen molar-refractivity contribution in [1.82, 2.24) is 19.8 Å². The first kappa shape index (κ1) is 28.2. The fourth-order valence-corrected chi connectivity index (χ4v) is 4.33. The second-order valence-electron chi connectivity index (χ2n) is 9.04. The number of alkyl halides is 3. The summed E-state index contributed by atoms with van der Waals surface area (Å²) in [5.41, 5.74) is 4.37. The van der Waals surface area contributed by atoms with Crippen LogP contribution in [-0.4, -0.2) is 76.1 Å². The standard InChI is InChI=1S/C23H26N6O2.C2HF3O2/c1-28-13-17(14-29(2)23(28)31)16-8-9-20(19(10-16)15-6-4-3-5-7-15)27-22(30)21-25-12-18(11-24)26-21;3-2(4,5)1(6)7/h6,8-10,12,17H,3-5,7,13-14H2,1-2H3,(H,25,26)(H,27,30);(H,6,7). The fourth-order valence-electron chi connectivity index (χ4n) is 4.33. The molecule has 2 aliphatic rings. The van der Waals surface area contributed by atoms with Crippen molar-refractivity contribution in [3.05, 3.63) is 53.1 Å². The number of hydrogen-bond acceptors (Lipinski definition) is 5. The predicted molar refractivity (Wildman–Crippen MR) is 131 cm³/mol. The molecule has 1 aromatic heterocycles. The maximum Gasteiger partial charge on any atom is 0.490 e. The van der Waals surface area contributed by atoms with Gasteiger partial charge in [0.2, 0.25) is 0 Å². The molecule has 10 nitrogen and oxygen atoms in total. The summed E-state index contributed by atoms with van der Waals surface area (Å²) in [7, 11) is 3.64. The van der Waals surface area contributed by atoms with Crippen molar-refractivity contribution in [2.24, 2.45) is 0 Å². The van der Waals surface area contributed by atoms with Gasteiger partial charge >= 0.3 is 18.2 Å². The highest BCUT2D eigenvalue weighted by atomic mass is 19.4. The SMILES string of the molecule is CN1CC(c2ccc(NC(=O)c3ncc(C#N)[nH]3)c(C3=CCCCC3)c2)CN(C)C1=O.O=C(O)C(F)(F)F. The lowest BCUT2D eigenvalue weighted by molar-refractivity contribution is -0.192. The van der Waals surface area contributed by atoms with E-state index in [1.54, 1.807) is 9.80 Å². The number of hydrogen-bond donors (Lipinski definition) is 3. The molecule has 1 aromatic carbocycles. The maximum absolute atomic E-state index is 12.7. The molecule has 3 amide bonds. The number of amides is 3. The number of imidazole rings is 1. The number of nitrogens with one attached hydrogen (secondary N) is 2. The van der Waals surface area contributed by atoms with Crippen LogP contribution >= 0.6 is 0 Å². The van der Waals surface area contributed by atoms with Gasteiger partial charge in [-0.3, -0.25) is 4.79 Å². The molecule has 0 radical (unpaired) electrons. The number of aromatic nitrogens is 2. The van der Waals surface area contributed by atoms with Crippen molar-refractivity contribution in [2.75, 3.05) is 32.5 Å². The van der Waals surface area contributed by atoms with E-state index in [0.717, 1.165) is 36.1 Å². The Kier molecular flexibility index (Phi) is 8.77. The molecule has 38 heavy (non-hydrogen) atoms. The van der Waals surface area contributed by atoms with Gasteiger partial charge in [0.25, 0.3) is 5.91 Å². The topological polar surface area (TPSA) is 142 Å². The fraction of sp³-hybridized carbons (Fsp3) is 0.400. The number of anilines is 1. The Labute approximate surface area is 216 Å². The number of nitriles is 1. The van der Waals surface area contributed by atoms with Crippen LogP contribution in [0.4, 0.5) is 23.7 Å². The van der Waals surface area contributed by atoms with Crippen molar-refractivity contribution < 1.29 is 32.7 Å². The molecule has 13 heteroatoms. The van der Waals surface area contributed by atoms with Gasteiger partial charge in [-0.25, -0.2) is 14.6 Å². The third kappa shape index (κ3) is 6.90. The minimum Gasteiger partial charge on any atom is -0.475 e. The molecule has 2 aromatic rings. The van der Waals surface area contributed by atoms with Crippen LogP contribution in [0.25, 0.3) is 5.57 Å². The normalized spacial score (nSPS) is 16.2. The van der Waals surface area contributed by atoms with E-state index in [1.807, 2.05) is 32.3 Å². The Morgan fingerprint density at radius 2 is 1.87 bits per heavy atom. The van der Waals surface area contributed by atoms with Crippen LogP contribution in [0.15, 0.2) is 30.5 Å². The maximum atomic E-state index is 12.7. The van der Waals surface area contributed by atoms with E-state index in [1.165, 1.54) is 18.2 Å². The van der Waals surface area contributed by atoms with E-state index in [-0.39, 0.29) is 29.4 Å². The number of urea groups is 1. The zero-order chi connectivity index (χ0) is 28.0. The summed E-state index contributed by atoms with van der Waals surface area (Å²) in [5.74, 6) is -2.83. The molecule has 202 valence electrons. The van der Waals surface area contributed by atoms with E-state index in [2.05, 4.69) is 27.4 Å². The number of H-pyrrole nitrogens is 1. The van der Waals surface area contributed by atoms with Gasteiger partial charge in [-0.1, -0.05) is 12.1 Å². The lowest BCUT2D eigenvalue weighted by Gasteiger charge is -2.36. The van der Waals surface area contributed by atoms with E-state index >= 15 is 0 Å². The molecular weight excluding hydrogens is 505 g/mol. The minimum atomic E-state index is -5.08. The summed E-state index contributed by atoms with van der Waals surface area (Å²) in [6, 6.07) is 8.08. The number of likely N-dealkylation sites (N-methyl/N-ethyl adjacent to an activating group) is 2. The second-order valence-corrected chi connectivity index (χ2v) is 9.04. The van der Waals surface area contributed by atoms with Gasteiger partial charge in [0.05, 0.1) is 6.20 Å².